The molecule has 0 N–H and O–H groups in total. The van der Waals surface area contributed by atoms with E-state index in [9.17, 15) is 4.79 Å². The Labute approximate surface area is 141 Å². The molecule has 0 bridgehead atoms. The third-order valence-corrected chi connectivity index (χ3v) is 4.39. The topological polar surface area (TPSA) is 51.0 Å². The molecule has 0 unspecified atom stereocenters. The van der Waals surface area contributed by atoms with Crippen molar-refractivity contribution < 1.29 is 4.79 Å². The van der Waals surface area contributed by atoms with Gasteiger partial charge in [-0.15, -0.1) is 10.2 Å². The van der Waals surface area contributed by atoms with Crippen LogP contribution in [0.4, 0.5) is 0 Å². The van der Waals surface area contributed by atoms with Gasteiger partial charge in [0.05, 0.1) is 5.75 Å². The Hall–Kier alpha value is -2.08. The SMILES string of the molecule is C=C(C)CN(CC)C(=O)CSc1nnc(-c2ccccc2)n1C. The summed E-state index contributed by atoms with van der Waals surface area (Å²) in [5, 5.41) is 9.17. The number of rotatable bonds is 7. The van der Waals surface area contributed by atoms with Crippen LogP contribution in [0.3, 0.4) is 0 Å². The lowest BCUT2D eigenvalue weighted by molar-refractivity contribution is -0.127. The molecule has 23 heavy (non-hydrogen) atoms. The van der Waals surface area contributed by atoms with Crippen LogP contribution >= 0.6 is 11.8 Å². The predicted octanol–water partition coefficient (Wildman–Crippen LogP) is 3.00. The summed E-state index contributed by atoms with van der Waals surface area (Å²) in [4.78, 5) is 14.1. The van der Waals surface area contributed by atoms with Crippen LogP contribution in [0.25, 0.3) is 11.4 Å². The molecule has 2 aromatic rings. The van der Waals surface area contributed by atoms with Gasteiger partial charge < -0.3 is 9.47 Å². The van der Waals surface area contributed by atoms with Gasteiger partial charge in [-0.2, -0.15) is 0 Å². The summed E-state index contributed by atoms with van der Waals surface area (Å²) in [5.41, 5.74) is 1.99. The highest BCUT2D eigenvalue weighted by Gasteiger charge is 2.16. The van der Waals surface area contributed by atoms with Crippen molar-refractivity contribution in [2.24, 2.45) is 7.05 Å². The second kappa shape index (κ2) is 7.97. The van der Waals surface area contributed by atoms with Gasteiger partial charge in [0.25, 0.3) is 0 Å². The molecule has 122 valence electrons. The molecule has 2 rings (SSSR count). The van der Waals surface area contributed by atoms with Crippen molar-refractivity contribution in [3.8, 4) is 11.4 Å². The molecule has 0 atom stereocenters. The number of carbonyl (C=O) groups is 1. The van der Waals surface area contributed by atoms with Crippen molar-refractivity contribution in [3.05, 3.63) is 42.5 Å². The fraction of sp³-hybridized carbons (Fsp3) is 0.353. The van der Waals surface area contributed by atoms with E-state index in [0.717, 1.165) is 22.1 Å². The Bertz CT molecular complexity index is 681. The highest BCUT2D eigenvalue weighted by molar-refractivity contribution is 7.99. The van der Waals surface area contributed by atoms with E-state index in [2.05, 4.69) is 16.8 Å². The van der Waals surface area contributed by atoms with Gasteiger partial charge in [-0.25, -0.2) is 0 Å². The molecule has 5 nitrogen and oxygen atoms in total. The Kier molecular flexibility index (Phi) is 5.98. The summed E-state index contributed by atoms with van der Waals surface area (Å²) in [7, 11) is 1.92. The van der Waals surface area contributed by atoms with Crippen molar-refractivity contribution >= 4 is 17.7 Å². The van der Waals surface area contributed by atoms with Gasteiger partial charge in [0.2, 0.25) is 5.91 Å². The van der Waals surface area contributed by atoms with Crippen LogP contribution < -0.4 is 0 Å². The van der Waals surface area contributed by atoms with Crippen LogP contribution in [0.2, 0.25) is 0 Å². The fourth-order valence-electron chi connectivity index (χ4n) is 2.20. The second-order valence-electron chi connectivity index (χ2n) is 5.38. The standard InChI is InChI=1S/C17H22N4OS/c1-5-21(11-13(2)3)15(22)12-23-17-19-18-16(20(17)4)14-9-7-6-8-10-14/h6-10H,2,5,11-12H2,1,3-4H3. The Morgan fingerprint density at radius 2 is 2.00 bits per heavy atom. The summed E-state index contributed by atoms with van der Waals surface area (Å²) < 4.78 is 1.92. The van der Waals surface area contributed by atoms with E-state index >= 15 is 0 Å². The van der Waals surface area contributed by atoms with E-state index < -0.39 is 0 Å². The molecule has 0 aliphatic heterocycles. The Morgan fingerprint density at radius 1 is 1.30 bits per heavy atom. The van der Waals surface area contributed by atoms with Crippen molar-refractivity contribution in [3.63, 3.8) is 0 Å². The fourth-order valence-corrected chi connectivity index (χ4v) is 3.01. The van der Waals surface area contributed by atoms with Crippen LogP contribution in [0.15, 0.2) is 47.6 Å². The summed E-state index contributed by atoms with van der Waals surface area (Å²) in [6.45, 7) is 9.05. The molecule has 1 aromatic heterocycles. The van der Waals surface area contributed by atoms with E-state index in [4.69, 9.17) is 0 Å². The number of aromatic nitrogens is 3. The first-order valence-corrected chi connectivity index (χ1v) is 8.51. The maximum Gasteiger partial charge on any atom is 0.233 e. The van der Waals surface area contributed by atoms with Crippen LogP contribution in [0.1, 0.15) is 13.8 Å². The molecule has 0 aliphatic rings. The molecule has 0 aliphatic carbocycles. The first-order valence-electron chi connectivity index (χ1n) is 7.52. The van der Waals surface area contributed by atoms with Crippen molar-refractivity contribution in [1.29, 1.82) is 0 Å². The second-order valence-corrected chi connectivity index (χ2v) is 6.33. The predicted molar refractivity (Wildman–Crippen MR) is 94.2 cm³/mol. The first kappa shape index (κ1) is 17.3. The minimum atomic E-state index is 0.0877. The maximum absolute atomic E-state index is 12.3. The lowest BCUT2D eigenvalue weighted by Gasteiger charge is -2.20. The monoisotopic (exact) mass is 330 g/mol. The molecule has 0 saturated heterocycles. The van der Waals surface area contributed by atoms with Gasteiger partial charge in [-0.05, 0) is 13.8 Å². The lowest BCUT2D eigenvalue weighted by Crippen LogP contribution is -2.33. The number of carbonyl (C=O) groups excluding carboxylic acids is 1. The number of nitrogens with zero attached hydrogens (tertiary/aromatic N) is 4. The van der Waals surface area contributed by atoms with Crippen LogP contribution in [-0.4, -0.2) is 44.4 Å². The molecular weight excluding hydrogens is 308 g/mol. The summed E-state index contributed by atoms with van der Waals surface area (Å²) in [6.07, 6.45) is 0. The number of likely N-dealkylation sites (N-methyl/N-ethyl adjacent to an activating group) is 1. The summed E-state index contributed by atoms with van der Waals surface area (Å²) in [5.74, 6) is 1.24. The number of thioether (sulfide) groups is 1. The largest absolute Gasteiger partial charge is 0.338 e. The van der Waals surface area contributed by atoms with Gasteiger partial charge in [-0.1, -0.05) is 54.2 Å². The lowest BCUT2D eigenvalue weighted by atomic mass is 10.2. The van der Waals surface area contributed by atoms with E-state index in [1.165, 1.54) is 11.8 Å². The quantitative estimate of drug-likeness (QED) is 0.578. The number of amides is 1. The maximum atomic E-state index is 12.3. The zero-order valence-electron chi connectivity index (χ0n) is 13.8. The van der Waals surface area contributed by atoms with Crippen LogP contribution in [-0.2, 0) is 11.8 Å². The van der Waals surface area contributed by atoms with Crippen molar-refractivity contribution in [1.82, 2.24) is 19.7 Å². The van der Waals surface area contributed by atoms with E-state index in [1.54, 1.807) is 4.90 Å². The molecule has 0 fully saturated rings. The minimum absolute atomic E-state index is 0.0877. The molecule has 1 amide bonds. The Balaban J connectivity index is 2.03. The molecular formula is C17H22N4OS. The van der Waals surface area contributed by atoms with Crippen LogP contribution in [0.5, 0.6) is 0 Å². The zero-order chi connectivity index (χ0) is 16.8. The van der Waals surface area contributed by atoms with Gasteiger partial charge in [0.1, 0.15) is 0 Å². The average Bonchev–Trinajstić information content (AvgIpc) is 2.91. The molecule has 1 aromatic carbocycles. The number of hydrogen-bond acceptors (Lipinski definition) is 4. The first-order chi connectivity index (χ1) is 11.0. The Morgan fingerprint density at radius 3 is 2.61 bits per heavy atom. The normalized spacial score (nSPS) is 10.6. The van der Waals surface area contributed by atoms with Gasteiger partial charge in [0.15, 0.2) is 11.0 Å². The average molecular weight is 330 g/mol. The molecule has 1 heterocycles. The van der Waals surface area contributed by atoms with E-state index in [0.29, 0.717) is 18.8 Å². The molecule has 6 heteroatoms. The number of benzene rings is 1. The van der Waals surface area contributed by atoms with Crippen molar-refractivity contribution in [2.45, 2.75) is 19.0 Å². The van der Waals surface area contributed by atoms with Gasteiger partial charge in [-0.3, -0.25) is 4.79 Å². The smallest absolute Gasteiger partial charge is 0.233 e. The van der Waals surface area contributed by atoms with Gasteiger partial charge >= 0.3 is 0 Å². The minimum Gasteiger partial charge on any atom is -0.338 e. The van der Waals surface area contributed by atoms with Gasteiger partial charge in [0, 0.05) is 25.7 Å². The number of hydrogen-bond donors (Lipinski definition) is 0. The van der Waals surface area contributed by atoms with E-state index in [-0.39, 0.29) is 5.91 Å². The third-order valence-electron chi connectivity index (χ3n) is 3.39. The summed E-state index contributed by atoms with van der Waals surface area (Å²) >= 11 is 1.41. The highest BCUT2D eigenvalue weighted by atomic mass is 32.2. The third kappa shape index (κ3) is 4.45. The molecule has 0 radical (unpaired) electrons. The van der Waals surface area contributed by atoms with Crippen molar-refractivity contribution in [2.75, 3.05) is 18.8 Å². The highest BCUT2D eigenvalue weighted by Crippen LogP contribution is 2.22. The zero-order valence-corrected chi connectivity index (χ0v) is 14.6. The molecule has 0 spiro atoms. The van der Waals surface area contributed by atoms with E-state index in [1.807, 2.05) is 55.8 Å². The summed E-state index contributed by atoms with van der Waals surface area (Å²) in [6, 6.07) is 9.90. The van der Waals surface area contributed by atoms with Crippen LogP contribution in [0, 0.1) is 0 Å². The molecule has 0 saturated carbocycles.